The van der Waals surface area contributed by atoms with Gasteiger partial charge in [0.05, 0.1) is 11.3 Å². The Morgan fingerprint density at radius 1 is 1.44 bits per heavy atom. The molecule has 0 unspecified atom stereocenters. The van der Waals surface area contributed by atoms with Crippen LogP contribution in [0, 0.1) is 5.41 Å². The number of hydrogen-bond donors (Lipinski definition) is 2. The van der Waals surface area contributed by atoms with Crippen molar-refractivity contribution in [2.45, 2.75) is 13.1 Å². The van der Waals surface area contributed by atoms with Gasteiger partial charge >= 0.3 is 6.18 Å². The summed E-state index contributed by atoms with van der Waals surface area (Å²) in [4.78, 5) is 11.0. The first-order valence-electron chi connectivity index (χ1n) is 4.29. The van der Waals surface area contributed by atoms with Crippen molar-refractivity contribution in [3.05, 3.63) is 28.8 Å². The van der Waals surface area contributed by atoms with Crippen LogP contribution in [0.3, 0.4) is 0 Å². The zero-order chi connectivity index (χ0) is 12.5. The van der Waals surface area contributed by atoms with Crippen LogP contribution in [-0.2, 0) is 6.18 Å². The molecule has 0 heterocycles. The highest BCUT2D eigenvalue weighted by Crippen LogP contribution is 2.35. The molecule has 3 N–H and O–H groups in total. The minimum atomic E-state index is -4.63. The summed E-state index contributed by atoms with van der Waals surface area (Å²) in [7, 11) is 0. The second-order valence-electron chi connectivity index (χ2n) is 3.22. The van der Waals surface area contributed by atoms with E-state index in [1.807, 2.05) is 0 Å². The van der Waals surface area contributed by atoms with Crippen LogP contribution in [0.4, 0.5) is 18.9 Å². The maximum absolute atomic E-state index is 12.5. The first-order chi connectivity index (χ1) is 7.27. The Hall–Kier alpha value is -1.85. The van der Waals surface area contributed by atoms with Crippen LogP contribution in [0.25, 0.3) is 0 Å². The summed E-state index contributed by atoms with van der Waals surface area (Å²) in [6, 6.07) is 1.87. The van der Waals surface area contributed by atoms with E-state index < -0.39 is 23.2 Å². The summed E-state index contributed by atoms with van der Waals surface area (Å²) in [5.41, 5.74) is 3.43. The van der Waals surface area contributed by atoms with Gasteiger partial charge in [-0.3, -0.25) is 4.79 Å². The van der Waals surface area contributed by atoms with E-state index in [1.54, 1.807) is 0 Å². The fourth-order valence-electron chi connectivity index (χ4n) is 1.23. The molecule has 0 spiro atoms. The van der Waals surface area contributed by atoms with Crippen LogP contribution in [0.1, 0.15) is 28.4 Å². The Labute approximate surface area is 89.6 Å². The van der Waals surface area contributed by atoms with Crippen molar-refractivity contribution >= 4 is 17.7 Å². The predicted octanol–water partition coefficient (Wildman–Crippen LogP) is 2.49. The SMILES string of the molecule is CC(=O)c1cc(C=N)c(N)c(C(F)(F)F)c1. The standard InChI is InChI=1S/C10H9F3N2O/c1-5(16)6-2-7(4-14)9(15)8(3-6)10(11,12)13/h2-4,14H,15H2,1H3. The lowest BCUT2D eigenvalue weighted by Gasteiger charge is -2.13. The fraction of sp³-hybridized carbons (Fsp3) is 0.200. The lowest BCUT2D eigenvalue weighted by Crippen LogP contribution is -2.12. The smallest absolute Gasteiger partial charge is 0.398 e. The van der Waals surface area contributed by atoms with Gasteiger partial charge in [-0.2, -0.15) is 13.2 Å². The number of nitrogen functional groups attached to an aromatic ring is 1. The average Bonchev–Trinajstić information content (AvgIpc) is 2.15. The van der Waals surface area contributed by atoms with Crippen molar-refractivity contribution in [1.29, 1.82) is 5.41 Å². The van der Waals surface area contributed by atoms with Crippen molar-refractivity contribution < 1.29 is 18.0 Å². The number of anilines is 1. The van der Waals surface area contributed by atoms with Gasteiger partial charge in [0, 0.05) is 17.3 Å². The Morgan fingerprint density at radius 2 is 2.00 bits per heavy atom. The molecule has 6 heteroatoms. The number of carbonyl (C=O) groups excluding carboxylic acids is 1. The summed E-state index contributed by atoms with van der Waals surface area (Å²) in [5.74, 6) is -0.506. The van der Waals surface area contributed by atoms with Crippen LogP contribution in [0.15, 0.2) is 12.1 Å². The molecule has 1 aromatic carbocycles. The van der Waals surface area contributed by atoms with Gasteiger partial charge in [-0.1, -0.05) is 0 Å². The summed E-state index contributed by atoms with van der Waals surface area (Å²) >= 11 is 0. The second kappa shape index (κ2) is 3.96. The maximum atomic E-state index is 12.5. The number of ketones is 1. The lowest BCUT2D eigenvalue weighted by atomic mass is 10.0. The number of benzene rings is 1. The molecule has 0 aliphatic rings. The molecule has 0 bridgehead atoms. The van der Waals surface area contributed by atoms with Gasteiger partial charge in [0.25, 0.3) is 0 Å². The third-order valence-corrected chi connectivity index (χ3v) is 2.08. The number of carbonyl (C=O) groups is 1. The molecule has 0 fully saturated rings. The van der Waals surface area contributed by atoms with E-state index in [-0.39, 0.29) is 11.1 Å². The minimum Gasteiger partial charge on any atom is -0.398 e. The Kier molecular flexibility index (Phi) is 3.02. The van der Waals surface area contributed by atoms with Gasteiger partial charge < -0.3 is 11.1 Å². The number of hydrogen-bond acceptors (Lipinski definition) is 3. The maximum Gasteiger partial charge on any atom is 0.418 e. The molecule has 0 aliphatic heterocycles. The number of rotatable bonds is 2. The number of nitrogens with two attached hydrogens (primary N) is 1. The zero-order valence-corrected chi connectivity index (χ0v) is 8.35. The lowest BCUT2D eigenvalue weighted by molar-refractivity contribution is -0.136. The summed E-state index contributed by atoms with van der Waals surface area (Å²) in [6.07, 6.45) is -3.94. The van der Waals surface area contributed by atoms with Crippen LogP contribution in [0.2, 0.25) is 0 Å². The molecule has 1 rings (SSSR count). The number of nitrogens with one attached hydrogen (secondary N) is 1. The van der Waals surface area contributed by atoms with Gasteiger partial charge in [-0.05, 0) is 19.1 Å². The Balaban J connectivity index is 3.54. The average molecular weight is 230 g/mol. The van der Waals surface area contributed by atoms with Crippen molar-refractivity contribution in [1.82, 2.24) is 0 Å². The molecule has 3 nitrogen and oxygen atoms in total. The van der Waals surface area contributed by atoms with Gasteiger partial charge in [0.15, 0.2) is 5.78 Å². The van der Waals surface area contributed by atoms with Crippen molar-refractivity contribution in [2.75, 3.05) is 5.73 Å². The van der Waals surface area contributed by atoms with Gasteiger partial charge in [0.1, 0.15) is 0 Å². The Morgan fingerprint density at radius 3 is 2.38 bits per heavy atom. The second-order valence-corrected chi connectivity index (χ2v) is 3.22. The number of alkyl halides is 3. The molecular weight excluding hydrogens is 221 g/mol. The molecule has 0 saturated carbocycles. The molecule has 0 aliphatic carbocycles. The van der Waals surface area contributed by atoms with Gasteiger partial charge in [-0.15, -0.1) is 0 Å². The summed E-state index contributed by atoms with van der Waals surface area (Å²) in [6.45, 7) is 1.15. The highest BCUT2D eigenvalue weighted by Gasteiger charge is 2.34. The van der Waals surface area contributed by atoms with Crippen LogP contribution < -0.4 is 5.73 Å². The fourth-order valence-corrected chi connectivity index (χ4v) is 1.23. The monoisotopic (exact) mass is 230 g/mol. The highest BCUT2D eigenvalue weighted by molar-refractivity contribution is 5.98. The molecule has 0 amide bonds. The molecule has 0 aromatic heterocycles. The summed E-state index contributed by atoms with van der Waals surface area (Å²) in [5, 5.41) is 6.94. The topological polar surface area (TPSA) is 66.9 Å². The van der Waals surface area contributed by atoms with E-state index in [1.165, 1.54) is 6.07 Å². The minimum absolute atomic E-state index is 0.111. The van der Waals surface area contributed by atoms with Crippen LogP contribution >= 0.6 is 0 Å². The predicted molar refractivity (Wildman–Crippen MR) is 53.7 cm³/mol. The van der Waals surface area contributed by atoms with Crippen LogP contribution in [-0.4, -0.2) is 12.0 Å². The molecular formula is C10H9F3N2O. The first kappa shape index (κ1) is 12.2. The van der Waals surface area contributed by atoms with Gasteiger partial charge in [-0.25, -0.2) is 0 Å². The van der Waals surface area contributed by atoms with E-state index in [4.69, 9.17) is 11.1 Å². The highest BCUT2D eigenvalue weighted by atomic mass is 19.4. The van der Waals surface area contributed by atoms with E-state index in [2.05, 4.69) is 0 Å². The third-order valence-electron chi connectivity index (χ3n) is 2.08. The van der Waals surface area contributed by atoms with Gasteiger partial charge in [0.2, 0.25) is 0 Å². The van der Waals surface area contributed by atoms with E-state index in [0.717, 1.165) is 6.92 Å². The quantitative estimate of drug-likeness (QED) is 0.465. The molecule has 16 heavy (non-hydrogen) atoms. The largest absolute Gasteiger partial charge is 0.418 e. The normalized spacial score (nSPS) is 11.2. The van der Waals surface area contributed by atoms with E-state index in [9.17, 15) is 18.0 Å². The van der Waals surface area contributed by atoms with E-state index in [0.29, 0.717) is 12.3 Å². The summed E-state index contributed by atoms with van der Waals surface area (Å²) < 4.78 is 37.6. The van der Waals surface area contributed by atoms with Crippen LogP contribution in [0.5, 0.6) is 0 Å². The molecule has 1 aromatic rings. The molecule has 0 saturated heterocycles. The first-order valence-corrected chi connectivity index (χ1v) is 4.29. The van der Waals surface area contributed by atoms with Crippen molar-refractivity contribution in [3.63, 3.8) is 0 Å². The van der Waals surface area contributed by atoms with Crippen molar-refractivity contribution in [2.24, 2.45) is 0 Å². The molecule has 0 radical (unpaired) electrons. The number of Topliss-reactive ketones (excluding diaryl/α,β-unsaturated/α-hetero) is 1. The zero-order valence-electron chi connectivity index (χ0n) is 8.35. The Bertz CT molecular complexity index is 452. The third kappa shape index (κ3) is 2.21. The van der Waals surface area contributed by atoms with E-state index >= 15 is 0 Å². The molecule has 86 valence electrons. The molecule has 0 atom stereocenters. The van der Waals surface area contributed by atoms with Crippen molar-refractivity contribution in [3.8, 4) is 0 Å². The number of halogens is 3.